The summed E-state index contributed by atoms with van der Waals surface area (Å²) in [5, 5.41) is 15.4. The minimum Gasteiger partial charge on any atom is -0.497 e. The first-order chi connectivity index (χ1) is 12.9. The van der Waals surface area contributed by atoms with Gasteiger partial charge in [-0.05, 0) is 19.1 Å². The van der Waals surface area contributed by atoms with Crippen molar-refractivity contribution < 1.29 is 24.2 Å². The summed E-state index contributed by atoms with van der Waals surface area (Å²) in [6, 6.07) is 4.13. The number of likely N-dealkylation sites (tertiary alicyclic amines) is 1. The number of rotatable bonds is 7. The van der Waals surface area contributed by atoms with Crippen molar-refractivity contribution in [3.05, 3.63) is 35.9 Å². The molecule has 1 aromatic heterocycles. The molecule has 0 saturated carbocycles. The van der Waals surface area contributed by atoms with Gasteiger partial charge in [0.25, 0.3) is 0 Å². The topological polar surface area (TPSA) is 119 Å². The van der Waals surface area contributed by atoms with Crippen LogP contribution < -0.4 is 14.8 Å². The van der Waals surface area contributed by atoms with E-state index in [0.29, 0.717) is 23.9 Å². The Hall–Kier alpha value is -3.30. The number of ether oxygens (including phenoxy) is 2. The molecular formula is C17H21N5O5. The van der Waals surface area contributed by atoms with Crippen molar-refractivity contribution in [2.45, 2.75) is 32.1 Å². The van der Waals surface area contributed by atoms with Gasteiger partial charge in [0.15, 0.2) is 0 Å². The average Bonchev–Trinajstić information content (AvgIpc) is 3.07. The maximum absolute atomic E-state index is 12.5. The molecule has 0 spiro atoms. The molecule has 0 radical (unpaired) electrons. The molecule has 2 amide bonds. The highest BCUT2D eigenvalue weighted by molar-refractivity contribution is 5.92. The SMILES string of the molecule is COc1ccc(CN2C(=O)[C@@H](NC(=O)O)[C@@H]2Cn2ncnc2C)c(OC)c1. The Kier molecular flexibility index (Phi) is 5.15. The van der Waals surface area contributed by atoms with E-state index < -0.39 is 12.1 Å². The van der Waals surface area contributed by atoms with Gasteiger partial charge in [0, 0.05) is 18.2 Å². The smallest absolute Gasteiger partial charge is 0.405 e. The van der Waals surface area contributed by atoms with Gasteiger partial charge >= 0.3 is 6.09 Å². The predicted octanol–water partition coefficient (Wildman–Crippen LogP) is 0.651. The van der Waals surface area contributed by atoms with Gasteiger partial charge in [-0.3, -0.25) is 4.79 Å². The van der Waals surface area contributed by atoms with Crippen LogP contribution >= 0.6 is 0 Å². The van der Waals surface area contributed by atoms with Crippen LogP contribution in [0.15, 0.2) is 24.5 Å². The lowest BCUT2D eigenvalue weighted by Crippen LogP contribution is -2.71. The molecule has 27 heavy (non-hydrogen) atoms. The summed E-state index contributed by atoms with van der Waals surface area (Å²) in [7, 11) is 3.10. The van der Waals surface area contributed by atoms with Crippen LogP contribution in [0, 0.1) is 6.92 Å². The molecule has 2 atom stereocenters. The molecule has 10 nitrogen and oxygen atoms in total. The normalized spacial score (nSPS) is 18.8. The molecule has 144 valence electrons. The zero-order valence-corrected chi connectivity index (χ0v) is 15.2. The first kappa shape index (κ1) is 18.5. The Labute approximate surface area is 155 Å². The standard InChI is InChI=1S/C17H21N5O5/c1-10-18-9-19-22(10)8-13-15(20-17(24)25)16(23)21(13)7-11-4-5-12(26-2)6-14(11)27-3/h4-6,9,13,15,20H,7-8H2,1-3H3,(H,24,25)/t13-,15-/m0/s1. The van der Waals surface area contributed by atoms with Gasteiger partial charge in [-0.15, -0.1) is 0 Å². The Bertz CT molecular complexity index is 852. The van der Waals surface area contributed by atoms with Crippen molar-refractivity contribution in [2.24, 2.45) is 0 Å². The van der Waals surface area contributed by atoms with Crippen molar-refractivity contribution in [1.29, 1.82) is 0 Å². The number of hydrogen-bond donors (Lipinski definition) is 2. The second-order valence-electron chi connectivity index (χ2n) is 6.13. The summed E-state index contributed by atoms with van der Waals surface area (Å²) in [6.07, 6.45) is 0.182. The number of carbonyl (C=O) groups is 2. The van der Waals surface area contributed by atoms with Crippen LogP contribution in [0.3, 0.4) is 0 Å². The number of methoxy groups -OCH3 is 2. The number of amides is 2. The van der Waals surface area contributed by atoms with Crippen molar-refractivity contribution >= 4 is 12.0 Å². The van der Waals surface area contributed by atoms with E-state index in [9.17, 15) is 9.59 Å². The number of benzene rings is 1. The van der Waals surface area contributed by atoms with Crippen LogP contribution in [0.4, 0.5) is 4.79 Å². The van der Waals surface area contributed by atoms with Crippen molar-refractivity contribution in [3.8, 4) is 11.5 Å². The van der Waals surface area contributed by atoms with Crippen molar-refractivity contribution in [2.75, 3.05) is 14.2 Å². The number of nitrogens with zero attached hydrogens (tertiary/aromatic N) is 4. The Morgan fingerprint density at radius 2 is 2.11 bits per heavy atom. The molecule has 2 N–H and O–H groups in total. The van der Waals surface area contributed by atoms with E-state index in [1.165, 1.54) is 6.33 Å². The molecule has 2 heterocycles. The van der Waals surface area contributed by atoms with Gasteiger partial charge in [0.1, 0.15) is 29.7 Å². The van der Waals surface area contributed by atoms with E-state index in [2.05, 4.69) is 15.4 Å². The van der Waals surface area contributed by atoms with Gasteiger partial charge in [0.2, 0.25) is 5.91 Å². The fourth-order valence-corrected chi connectivity index (χ4v) is 3.14. The monoisotopic (exact) mass is 375 g/mol. The highest BCUT2D eigenvalue weighted by Gasteiger charge is 2.48. The van der Waals surface area contributed by atoms with Crippen LogP contribution in [0.2, 0.25) is 0 Å². The summed E-state index contributed by atoms with van der Waals surface area (Å²) >= 11 is 0. The van der Waals surface area contributed by atoms with Gasteiger partial charge in [-0.1, -0.05) is 0 Å². The van der Waals surface area contributed by atoms with Gasteiger partial charge in [-0.2, -0.15) is 5.10 Å². The minimum absolute atomic E-state index is 0.280. The van der Waals surface area contributed by atoms with Gasteiger partial charge in [0.05, 0.1) is 26.8 Å². The first-order valence-electron chi connectivity index (χ1n) is 8.29. The molecule has 1 aromatic carbocycles. The lowest BCUT2D eigenvalue weighted by atomic mass is 9.93. The number of carbonyl (C=O) groups excluding carboxylic acids is 1. The number of β-lactam (4-membered cyclic amide) rings is 1. The molecule has 10 heteroatoms. The Morgan fingerprint density at radius 1 is 1.33 bits per heavy atom. The van der Waals surface area contributed by atoms with E-state index >= 15 is 0 Å². The molecule has 1 aliphatic heterocycles. The third-order valence-electron chi connectivity index (χ3n) is 4.62. The summed E-state index contributed by atoms with van der Waals surface area (Å²) in [4.78, 5) is 29.3. The van der Waals surface area contributed by atoms with Crippen LogP contribution in [0.1, 0.15) is 11.4 Å². The van der Waals surface area contributed by atoms with Gasteiger partial charge in [-0.25, -0.2) is 14.5 Å². The summed E-state index contributed by atoms with van der Waals surface area (Å²) in [5.74, 6) is 1.63. The molecule has 2 aromatic rings. The van der Waals surface area contributed by atoms with E-state index in [1.54, 1.807) is 42.9 Å². The number of hydrogen-bond acceptors (Lipinski definition) is 6. The largest absolute Gasteiger partial charge is 0.497 e. The van der Waals surface area contributed by atoms with Crippen molar-refractivity contribution in [3.63, 3.8) is 0 Å². The van der Waals surface area contributed by atoms with E-state index in [4.69, 9.17) is 14.6 Å². The highest BCUT2D eigenvalue weighted by atomic mass is 16.5. The second kappa shape index (κ2) is 7.52. The maximum atomic E-state index is 12.5. The lowest BCUT2D eigenvalue weighted by Gasteiger charge is -2.46. The predicted molar refractivity (Wildman–Crippen MR) is 93.6 cm³/mol. The number of aryl methyl sites for hydroxylation is 1. The maximum Gasteiger partial charge on any atom is 0.405 e. The number of aromatic nitrogens is 3. The quantitative estimate of drug-likeness (QED) is 0.682. The minimum atomic E-state index is -1.24. The average molecular weight is 375 g/mol. The fourth-order valence-electron chi connectivity index (χ4n) is 3.14. The Balaban J connectivity index is 1.83. The lowest BCUT2D eigenvalue weighted by molar-refractivity contribution is -0.153. The van der Waals surface area contributed by atoms with Crippen molar-refractivity contribution in [1.82, 2.24) is 25.0 Å². The zero-order chi connectivity index (χ0) is 19.6. The molecule has 0 aliphatic carbocycles. The highest BCUT2D eigenvalue weighted by Crippen LogP contribution is 2.30. The zero-order valence-electron chi connectivity index (χ0n) is 15.2. The molecule has 3 rings (SSSR count). The van der Waals surface area contributed by atoms with E-state index in [1.807, 2.05) is 6.07 Å². The molecule has 1 saturated heterocycles. The molecule has 0 unspecified atom stereocenters. The van der Waals surface area contributed by atoms with Crippen LogP contribution in [0.5, 0.6) is 11.5 Å². The van der Waals surface area contributed by atoms with Crippen LogP contribution in [-0.2, 0) is 17.9 Å². The van der Waals surface area contributed by atoms with Crippen LogP contribution in [-0.4, -0.2) is 63.1 Å². The molecular weight excluding hydrogens is 354 g/mol. The first-order valence-corrected chi connectivity index (χ1v) is 8.29. The van der Waals surface area contributed by atoms with E-state index in [0.717, 1.165) is 5.56 Å². The van der Waals surface area contributed by atoms with Crippen LogP contribution in [0.25, 0.3) is 0 Å². The second-order valence-corrected chi connectivity index (χ2v) is 6.13. The molecule has 1 aliphatic rings. The van der Waals surface area contributed by atoms with Gasteiger partial charge < -0.3 is 24.8 Å². The van der Waals surface area contributed by atoms with E-state index in [-0.39, 0.29) is 18.5 Å². The number of carboxylic acid groups (broad SMARTS) is 1. The summed E-state index contributed by atoms with van der Waals surface area (Å²) in [6.45, 7) is 2.41. The molecule has 1 fully saturated rings. The number of nitrogens with one attached hydrogen (secondary N) is 1. The Morgan fingerprint density at radius 3 is 2.70 bits per heavy atom. The summed E-state index contributed by atoms with van der Waals surface area (Å²) < 4.78 is 12.2. The fraction of sp³-hybridized carbons (Fsp3) is 0.412. The summed E-state index contributed by atoms with van der Waals surface area (Å²) in [5.41, 5.74) is 0.792. The third kappa shape index (κ3) is 3.64. The molecule has 0 bridgehead atoms. The third-order valence-corrected chi connectivity index (χ3v) is 4.62.